The van der Waals surface area contributed by atoms with Gasteiger partial charge in [-0.05, 0) is 25.8 Å². The van der Waals surface area contributed by atoms with Crippen molar-refractivity contribution in [2.24, 2.45) is 4.99 Å². The van der Waals surface area contributed by atoms with Gasteiger partial charge in [-0.2, -0.15) is 0 Å². The summed E-state index contributed by atoms with van der Waals surface area (Å²) in [5.74, 6) is 0.545. The standard InChI is InChI=1S/C15H20FN3.HI/c1-2-17-15(19-13-8-4-5-9-13)18-11-12-7-3-6-10-14(12)16;/h3-7,10,13H,2,8-9,11H2,1H3,(H2,17,18,19);1H. The zero-order valence-corrected chi connectivity index (χ0v) is 13.9. The minimum absolute atomic E-state index is 0. The van der Waals surface area contributed by atoms with Crippen LogP contribution in [0.15, 0.2) is 41.4 Å². The van der Waals surface area contributed by atoms with Crippen molar-refractivity contribution in [3.63, 3.8) is 0 Å². The van der Waals surface area contributed by atoms with E-state index < -0.39 is 0 Å². The molecule has 0 spiro atoms. The van der Waals surface area contributed by atoms with Gasteiger partial charge in [0.25, 0.3) is 0 Å². The van der Waals surface area contributed by atoms with Gasteiger partial charge in [0.2, 0.25) is 0 Å². The highest BCUT2D eigenvalue weighted by molar-refractivity contribution is 14.0. The quantitative estimate of drug-likeness (QED) is 0.359. The summed E-state index contributed by atoms with van der Waals surface area (Å²) in [5.41, 5.74) is 0.615. The van der Waals surface area contributed by atoms with Gasteiger partial charge in [-0.25, -0.2) is 9.38 Å². The molecule has 1 aliphatic carbocycles. The third kappa shape index (κ3) is 5.11. The third-order valence-corrected chi connectivity index (χ3v) is 3.06. The SMILES string of the molecule is CCNC(=NCc1ccccc1F)NC1CC=CC1.I. The van der Waals surface area contributed by atoms with Crippen LogP contribution in [0.1, 0.15) is 25.3 Å². The lowest BCUT2D eigenvalue weighted by Crippen LogP contribution is -2.42. The number of halogens is 2. The molecule has 0 saturated heterocycles. The lowest BCUT2D eigenvalue weighted by Gasteiger charge is -2.16. The number of hydrogen-bond donors (Lipinski definition) is 2. The lowest BCUT2D eigenvalue weighted by molar-refractivity contribution is 0.607. The molecule has 0 aliphatic heterocycles. The van der Waals surface area contributed by atoms with Crippen LogP contribution in [0, 0.1) is 5.82 Å². The highest BCUT2D eigenvalue weighted by atomic mass is 127. The smallest absolute Gasteiger partial charge is 0.191 e. The van der Waals surface area contributed by atoms with Gasteiger partial charge in [-0.1, -0.05) is 30.4 Å². The Kier molecular flexibility index (Phi) is 7.58. The second kappa shape index (κ2) is 8.94. The molecule has 1 aromatic carbocycles. The van der Waals surface area contributed by atoms with E-state index in [-0.39, 0.29) is 29.8 Å². The Balaban J connectivity index is 0.00000200. The highest BCUT2D eigenvalue weighted by Crippen LogP contribution is 2.10. The van der Waals surface area contributed by atoms with Gasteiger partial charge in [0.05, 0.1) is 6.54 Å². The van der Waals surface area contributed by atoms with Crippen molar-refractivity contribution in [1.29, 1.82) is 0 Å². The van der Waals surface area contributed by atoms with E-state index in [0.29, 0.717) is 18.2 Å². The van der Waals surface area contributed by atoms with Crippen molar-refractivity contribution < 1.29 is 4.39 Å². The Morgan fingerprint density at radius 1 is 1.30 bits per heavy atom. The van der Waals surface area contributed by atoms with Gasteiger partial charge < -0.3 is 10.6 Å². The second-order valence-corrected chi connectivity index (χ2v) is 4.57. The number of guanidine groups is 1. The van der Waals surface area contributed by atoms with E-state index in [9.17, 15) is 4.39 Å². The predicted molar refractivity (Wildman–Crippen MR) is 91.9 cm³/mol. The van der Waals surface area contributed by atoms with Crippen LogP contribution in [0.3, 0.4) is 0 Å². The Morgan fingerprint density at radius 3 is 2.65 bits per heavy atom. The van der Waals surface area contributed by atoms with Crippen LogP contribution in [-0.2, 0) is 6.54 Å². The maximum absolute atomic E-state index is 13.5. The minimum atomic E-state index is -0.204. The number of benzene rings is 1. The van der Waals surface area contributed by atoms with E-state index in [0.717, 1.165) is 25.3 Å². The first-order chi connectivity index (χ1) is 9.29. The first-order valence-corrected chi connectivity index (χ1v) is 6.73. The van der Waals surface area contributed by atoms with Gasteiger partial charge in [-0.15, -0.1) is 24.0 Å². The van der Waals surface area contributed by atoms with Crippen LogP contribution in [-0.4, -0.2) is 18.5 Å². The zero-order chi connectivity index (χ0) is 13.5. The number of aliphatic imine (C=N–C) groups is 1. The topological polar surface area (TPSA) is 36.4 Å². The number of rotatable bonds is 4. The van der Waals surface area contributed by atoms with Gasteiger partial charge in [0, 0.05) is 18.2 Å². The largest absolute Gasteiger partial charge is 0.357 e. The Bertz CT molecular complexity index is 466. The van der Waals surface area contributed by atoms with Gasteiger partial charge in [-0.3, -0.25) is 0 Å². The van der Waals surface area contributed by atoms with Crippen LogP contribution >= 0.6 is 24.0 Å². The normalized spacial score (nSPS) is 15.0. The molecule has 0 unspecified atom stereocenters. The lowest BCUT2D eigenvalue weighted by atomic mass is 10.2. The maximum atomic E-state index is 13.5. The van der Waals surface area contributed by atoms with E-state index in [1.54, 1.807) is 12.1 Å². The molecule has 0 amide bonds. The molecule has 0 bridgehead atoms. The fourth-order valence-electron chi connectivity index (χ4n) is 2.04. The van der Waals surface area contributed by atoms with E-state index in [4.69, 9.17) is 0 Å². The van der Waals surface area contributed by atoms with Crippen LogP contribution in [0.5, 0.6) is 0 Å². The number of hydrogen-bond acceptors (Lipinski definition) is 1. The Labute approximate surface area is 136 Å². The maximum Gasteiger partial charge on any atom is 0.191 e. The molecule has 5 heteroatoms. The molecule has 0 radical (unpaired) electrons. The molecule has 2 N–H and O–H groups in total. The number of nitrogens with one attached hydrogen (secondary N) is 2. The van der Waals surface area contributed by atoms with Crippen molar-refractivity contribution in [3.8, 4) is 0 Å². The van der Waals surface area contributed by atoms with Crippen molar-refractivity contribution >= 4 is 29.9 Å². The summed E-state index contributed by atoms with van der Waals surface area (Å²) >= 11 is 0. The average molecular weight is 389 g/mol. The van der Waals surface area contributed by atoms with E-state index in [2.05, 4.69) is 27.8 Å². The monoisotopic (exact) mass is 389 g/mol. The fraction of sp³-hybridized carbons (Fsp3) is 0.400. The molecule has 20 heavy (non-hydrogen) atoms. The molecular weight excluding hydrogens is 368 g/mol. The summed E-state index contributed by atoms with van der Waals surface area (Å²) in [6.07, 6.45) is 6.37. The van der Waals surface area contributed by atoms with Gasteiger partial charge in [0.15, 0.2) is 5.96 Å². The van der Waals surface area contributed by atoms with E-state index in [1.807, 2.05) is 13.0 Å². The molecule has 0 atom stereocenters. The third-order valence-electron chi connectivity index (χ3n) is 3.06. The second-order valence-electron chi connectivity index (χ2n) is 4.57. The Hall–Kier alpha value is -1.11. The molecular formula is C15H21FIN3. The van der Waals surface area contributed by atoms with Crippen LogP contribution in [0.25, 0.3) is 0 Å². The molecule has 1 aromatic rings. The molecule has 2 rings (SSSR count). The van der Waals surface area contributed by atoms with Crippen LogP contribution < -0.4 is 10.6 Å². The summed E-state index contributed by atoms with van der Waals surface area (Å²) in [7, 11) is 0. The predicted octanol–water partition coefficient (Wildman–Crippen LogP) is 3.22. The molecule has 110 valence electrons. The van der Waals surface area contributed by atoms with Crippen molar-refractivity contribution in [3.05, 3.63) is 47.8 Å². The minimum Gasteiger partial charge on any atom is -0.357 e. The first kappa shape index (κ1) is 16.9. The fourth-order valence-corrected chi connectivity index (χ4v) is 2.04. The summed E-state index contributed by atoms with van der Waals surface area (Å²) in [5, 5.41) is 6.55. The van der Waals surface area contributed by atoms with E-state index in [1.165, 1.54) is 6.07 Å². The summed E-state index contributed by atoms with van der Waals surface area (Å²) in [6, 6.07) is 7.15. The highest BCUT2D eigenvalue weighted by Gasteiger charge is 2.11. The average Bonchev–Trinajstić information content (AvgIpc) is 2.91. The van der Waals surface area contributed by atoms with Crippen molar-refractivity contribution in [2.75, 3.05) is 6.54 Å². The molecule has 3 nitrogen and oxygen atoms in total. The molecule has 1 aliphatic rings. The van der Waals surface area contributed by atoms with Crippen molar-refractivity contribution in [2.45, 2.75) is 32.4 Å². The van der Waals surface area contributed by atoms with E-state index >= 15 is 0 Å². The molecule has 0 saturated carbocycles. The van der Waals surface area contributed by atoms with Gasteiger partial charge in [0.1, 0.15) is 5.82 Å². The molecule has 0 fully saturated rings. The first-order valence-electron chi connectivity index (χ1n) is 6.73. The van der Waals surface area contributed by atoms with Crippen molar-refractivity contribution in [1.82, 2.24) is 10.6 Å². The summed E-state index contributed by atoms with van der Waals surface area (Å²) < 4.78 is 13.5. The summed E-state index contributed by atoms with van der Waals surface area (Å²) in [4.78, 5) is 4.43. The van der Waals surface area contributed by atoms with Crippen LogP contribution in [0.2, 0.25) is 0 Å². The van der Waals surface area contributed by atoms with Gasteiger partial charge >= 0.3 is 0 Å². The molecule has 0 aromatic heterocycles. The number of nitrogens with zero attached hydrogens (tertiary/aromatic N) is 1. The zero-order valence-electron chi connectivity index (χ0n) is 11.6. The summed E-state index contributed by atoms with van der Waals surface area (Å²) in [6.45, 7) is 3.17. The van der Waals surface area contributed by atoms with Crippen LogP contribution in [0.4, 0.5) is 4.39 Å². The molecule has 0 heterocycles. The Morgan fingerprint density at radius 2 is 2.00 bits per heavy atom.